The summed E-state index contributed by atoms with van der Waals surface area (Å²) in [4.78, 5) is 25.7. The van der Waals surface area contributed by atoms with Gasteiger partial charge in [0.05, 0.1) is 0 Å². The predicted octanol–water partition coefficient (Wildman–Crippen LogP) is 2.55. The zero-order valence-corrected chi connectivity index (χ0v) is 13.5. The molecule has 5 nitrogen and oxygen atoms in total. The Morgan fingerprint density at radius 1 is 1.14 bits per heavy atom. The van der Waals surface area contributed by atoms with E-state index in [4.69, 9.17) is 4.74 Å². The Labute approximate surface area is 127 Å². The van der Waals surface area contributed by atoms with E-state index in [0.29, 0.717) is 13.1 Å². The third kappa shape index (κ3) is 5.56. The number of hydrogen-bond donors (Lipinski definition) is 1. The average Bonchev–Trinajstić information content (AvgIpc) is 3.21. The van der Waals surface area contributed by atoms with Crippen LogP contribution in [0.3, 0.4) is 0 Å². The van der Waals surface area contributed by atoms with Gasteiger partial charge in [0.1, 0.15) is 5.60 Å². The minimum atomic E-state index is -0.464. The standard InChI is InChI=1S/C16H28N2O3/c1-16(2,3)21-15(20)18-10-7-13(8-11-18)14(19)17-9-6-12-4-5-12/h12-13H,4-11H2,1-3H3,(H,17,19). The normalized spacial score (nSPS) is 20.2. The van der Waals surface area contributed by atoms with Crippen LogP contribution >= 0.6 is 0 Å². The van der Waals surface area contributed by atoms with Gasteiger partial charge in [-0.25, -0.2) is 4.79 Å². The predicted molar refractivity (Wildman–Crippen MR) is 80.9 cm³/mol. The molecule has 0 radical (unpaired) electrons. The molecular weight excluding hydrogens is 268 g/mol. The Balaban J connectivity index is 1.66. The van der Waals surface area contributed by atoms with Gasteiger partial charge >= 0.3 is 6.09 Å². The number of ether oxygens (including phenoxy) is 1. The van der Waals surface area contributed by atoms with Crippen molar-refractivity contribution in [1.82, 2.24) is 10.2 Å². The van der Waals surface area contributed by atoms with Crippen molar-refractivity contribution in [3.05, 3.63) is 0 Å². The molecule has 1 N–H and O–H groups in total. The highest BCUT2D eigenvalue weighted by Crippen LogP contribution is 2.31. The lowest BCUT2D eigenvalue weighted by Crippen LogP contribution is -2.45. The molecule has 2 amide bonds. The maximum Gasteiger partial charge on any atom is 0.410 e. The second-order valence-corrected chi connectivity index (χ2v) is 7.26. The first-order valence-electron chi connectivity index (χ1n) is 8.11. The summed E-state index contributed by atoms with van der Waals surface area (Å²) >= 11 is 0. The molecule has 1 saturated carbocycles. The molecule has 0 bridgehead atoms. The zero-order valence-electron chi connectivity index (χ0n) is 13.5. The lowest BCUT2D eigenvalue weighted by atomic mass is 9.96. The molecule has 1 aliphatic heterocycles. The lowest BCUT2D eigenvalue weighted by Gasteiger charge is -2.32. The summed E-state index contributed by atoms with van der Waals surface area (Å²) in [6.45, 7) is 7.61. The molecule has 2 aliphatic rings. The highest BCUT2D eigenvalue weighted by Gasteiger charge is 2.30. The lowest BCUT2D eigenvalue weighted by molar-refractivity contribution is -0.126. The van der Waals surface area contributed by atoms with Crippen molar-refractivity contribution in [3.8, 4) is 0 Å². The van der Waals surface area contributed by atoms with Crippen LogP contribution in [-0.2, 0) is 9.53 Å². The molecule has 0 aromatic carbocycles. The summed E-state index contributed by atoms with van der Waals surface area (Å²) in [5, 5.41) is 3.03. The minimum Gasteiger partial charge on any atom is -0.444 e. The van der Waals surface area contributed by atoms with E-state index in [1.54, 1.807) is 4.90 Å². The Hall–Kier alpha value is -1.26. The SMILES string of the molecule is CC(C)(C)OC(=O)N1CCC(C(=O)NCCC2CC2)CC1. The van der Waals surface area contributed by atoms with Gasteiger partial charge in [0, 0.05) is 25.6 Å². The topological polar surface area (TPSA) is 58.6 Å². The van der Waals surface area contributed by atoms with Crippen molar-refractivity contribution in [2.24, 2.45) is 11.8 Å². The van der Waals surface area contributed by atoms with Gasteiger partial charge in [-0.1, -0.05) is 12.8 Å². The van der Waals surface area contributed by atoms with Crippen LogP contribution in [0.4, 0.5) is 4.79 Å². The molecule has 1 saturated heterocycles. The van der Waals surface area contributed by atoms with Gasteiger partial charge in [-0.3, -0.25) is 4.79 Å². The van der Waals surface area contributed by atoms with E-state index in [1.165, 1.54) is 12.8 Å². The molecular formula is C16H28N2O3. The number of carbonyl (C=O) groups excluding carboxylic acids is 2. The second-order valence-electron chi connectivity index (χ2n) is 7.26. The maximum atomic E-state index is 12.1. The molecule has 0 spiro atoms. The molecule has 0 unspecified atom stereocenters. The van der Waals surface area contributed by atoms with E-state index in [2.05, 4.69) is 5.32 Å². The fraction of sp³-hybridized carbons (Fsp3) is 0.875. The molecule has 1 heterocycles. The van der Waals surface area contributed by atoms with Crippen molar-refractivity contribution < 1.29 is 14.3 Å². The van der Waals surface area contributed by atoms with E-state index >= 15 is 0 Å². The molecule has 0 aromatic rings. The quantitative estimate of drug-likeness (QED) is 0.867. The van der Waals surface area contributed by atoms with E-state index in [1.807, 2.05) is 20.8 Å². The van der Waals surface area contributed by atoms with Crippen LogP contribution in [0.1, 0.15) is 52.9 Å². The van der Waals surface area contributed by atoms with Crippen LogP contribution in [-0.4, -0.2) is 42.1 Å². The van der Waals surface area contributed by atoms with Crippen LogP contribution < -0.4 is 5.32 Å². The summed E-state index contributed by atoms with van der Waals surface area (Å²) < 4.78 is 5.36. The summed E-state index contributed by atoms with van der Waals surface area (Å²) in [5.74, 6) is 1.04. The van der Waals surface area contributed by atoms with Crippen LogP contribution in [0.15, 0.2) is 0 Å². The summed E-state index contributed by atoms with van der Waals surface area (Å²) in [5.41, 5.74) is -0.464. The Kier molecular flexibility index (Phi) is 5.12. The largest absolute Gasteiger partial charge is 0.444 e. The van der Waals surface area contributed by atoms with Crippen LogP contribution in [0.2, 0.25) is 0 Å². The van der Waals surface area contributed by atoms with Crippen LogP contribution in [0, 0.1) is 11.8 Å². The molecule has 0 atom stereocenters. The van der Waals surface area contributed by atoms with Gasteiger partial charge in [0.2, 0.25) is 5.91 Å². The van der Waals surface area contributed by atoms with E-state index < -0.39 is 5.60 Å². The first-order chi connectivity index (χ1) is 9.85. The van der Waals surface area contributed by atoms with Gasteiger partial charge in [0.15, 0.2) is 0 Å². The molecule has 0 aromatic heterocycles. The minimum absolute atomic E-state index is 0.0443. The fourth-order valence-corrected chi connectivity index (χ4v) is 2.60. The summed E-state index contributed by atoms with van der Waals surface area (Å²) in [6, 6.07) is 0. The van der Waals surface area contributed by atoms with Crippen LogP contribution in [0.5, 0.6) is 0 Å². The molecule has 2 fully saturated rings. The van der Waals surface area contributed by atoms with E-state index in [-0.39, 0.29) is 17.9 Å². The van der Waals surface area contributed by atoms with Crippen molar-refractivity contribution >= 4 is 12.0 Å². The third-order valence-electron chi connectivity index (χ3n) is 4.07. The monoisotopic (exact) mass is 296 g/mol. The zero-order chi connectivity index (χ0) is 15.5. The molecule has 120 valence electrons. The number of carbonyl (C=O) groups is 2. The number of hydrogen-bond acceptors (Lipinski definition) is 3. The van der Waals surface area contributed by atoms with Gasteiger partial charge in [-0.05, 0) is 46.0 Å². The average molecular weight is 296 g/mol. The number of amides is 2. The number of nitrogens with zero attached hydrogens (tertiary/aromatic N) is 1. The summed E-state index contributed by atoms with van der Waals surface area (Å²) in [6.07, 6.45) is 4.95. The number of nitrogens with one attached hydrogen (secondary N) is 1. The molecule has 5 heteroatoms. The molecule has 2 rings (SSSR count). The fourth-order valence-electron chi connectivity index (χ4n) is 2.60. The van der Waals surface area contributed by atoms with Gasteiger partial charge in [0.25, 0.3) is 0 Å². The molecule has 1 aliphatic carbocycles. The first kappa shape index (κ1) is 16.1. The van der Waals surface area contributed by atoms with Crippen molar-refractivity contribution in [1.29, 1.82) is 0 Å². The number of piperidine rings is 1. The van der Waals surface area contributed by atoms with E-state index in [0.717, 1.165) is 31.7 Å². The van der Waals surface area contributed by atoms with E-state index in [9.17, 15) is 9.59 Å². The highest BCUT2D eigenvalue weighted by atomic mass is 16.6. The maximum absolute atomic E-state index is 12.1. The smallest absolute Gasteiger partial charge is 0.410 e. The Morgan fingerprint density at radius 3 is 2.29 bits per heavy atom. The third-order valence-corrected chi connectivity index (χ3v) is 4.07. The summed E-state index contributed by atoms with van der Waals surface area (Å²) in [7, 11) is 0. The Morgan fingerprint density at radius 2 is 1.76 bits per heavy atom. The highest BCUT2D eigenvalue weighted by molar-refractivity contribution is 5.79. The first-order valence-corrected chi connectivity index (χ1v) is 8.11. The number of rotatable bonds is 4. The van der Waals surface area contributed by atoms with Gasteiger partial charge in [-0.2, -0.15) is 0 Å². The van der Waals surface area contributed by atoms with Crippen molar-refractivity contribution in [2.75, 3.05) is 19.6 Å². The van der Waals surface area contributed by atoms with Crippen molar-refractivity contribution in [2.45, 2.75) is 58.5 Å². The van der Waals surface area contributed by atoms with Gasteiger partial charge < -0.3 is 15.0 Å². The van der Waals surface area contributed by atoms with Crippen molar-refractivity contribution in [3.63, 3.8) is 0 Å². The second kappa shape index (κ2) is 6.67. The molecule has 21 heavy (non-hydrogen) atoms. The van der Waals surface area contributed by atoms with Gasteiger partial charge in [-0.15, -0.1) is 0 Å². The number of likely N-dealkylation sites (tertiary alicyclic amines) is 1. The Bertz CT molecular complexity index is 377. The van der Waals surface area contributed by atoms with Crippen LogP contribution in [0.25, 0.3) is 0 Å².